The zero-order valence-corrected chi connectivity index (χ0v) is 13.9. The standard InChI is InChI=1S/C19H19NO4/c1-20-9-19-8-18(15-10(19)4-5-13(23-2)16(15)22)7-14(24-3)12(21)6-11(18)17(19)20/h4-7,17,22H,8-9H2,1-3H3/t17-,18+,19?/m1/s1. The average Bonchev–Trinajstić information content (AvgIpc) is 2.96. The number of phenols is 1. The van der Waals surface area contributed by atoms with Crippen molar-refractivity contribution in [3.63, 3.8) is 0 Å². The Labute approximate surface area is 140 Å². The van der Waals surface area contributed by atoms with Crippen molar-refractivity contribution in [3.8, 4) is 11.5 Å². The van der Waals surface area contributed by atoms with Crippen LogP contribution in [0.4, 0.5) is 0 Å². The molecule has 1 saturated carbocycles. The smallest absolute Gasteiger partial charge is 0.220 e. The normalized spacial score (nSPS) is 35.5. The zero-order valence-electron chi connectivity index (χ0n) is 13.9. The van der Waals surface area contributed by atoms with Gasteiger partial charge in [-0.05, 0) is 42.8 Å². The van der Waals surface area contributed by atoms with E-state index in [2.05, 4.69) is 18.0 Å². The van der Waals surface area contributed by atoms with Crippen molar-refractivity contribution < 1.29 is 19.4 Å². The number of ketones is 1. The van der Waals surface area contributed by atoms with E-state index in [1.54, 1.807) is 13.2 Å². The van der Waals surface area contributed by atoms with E-state index < -0.39 is 5.41 Å². The van der Waals surface area contributed by atoms with E-state index in [0.29, 0.717) is 11.5 Å². The SMILES string of the molecule is COC1=C[C@]23CC4(CN(C)[C@@H]4C2=CC1=O)c1ccc(OC)c(O)c13. The molecule has 2 bridgehead atoms. The number of likely N-dealkylation sites (N-methyl/N-ethyl adjacent to an activating group) is 1. The minimum absolute atomic E-state index is 0.0281. The van der Waals surface area contributed by atoms with E-state index in [4.69, 9.17) is 9.47 Å². The van der Waals surface area contributed by atoms with E-state index in [0.717, 1.165) is 24.1 Å². The van der Waals surface area contributed by atoms with Crippen LogP contribution >= 0.6 is 0 Å². The molecule has 3 aliphatic carbocycles. The van der Waals surface area contributed by atoms with Gasteiger partial charge in [0, 0.05) is 29.0 Å². The highest BCUT2D eigenvalue weighted by molar-refractivity contribution is 6.06. The van der Waals surface area contributed by atoms with Gasteiger partial charge in [0.25, 0.3) is 0 Å². The van der Waals surface area contributed by atoms with Crippen molar-refractivity contribution in [2.45, 2.75) is 23.3 Å². The summed E-state index contributed by atoms with van der Waals surface area (Å²) in [4.78, 5) is 14.7. The molecule has 2 fully saturated rings. The summed E-state index contributed by atoms with van der Waals surface area (Å²) in [5.41, 5.74) is 2.65. The second-order valence-corrected chi connectivity index (χ2v) is 7.34. The first-order chi connectivity index (χ1) is 11.5. The number of hydrogen-bond donors (Lipinski definition) is 1. The first-order valence-corrected chi connectivity index (χ1v) is 8.13. The number of rotatable bonds is 2. The van der Waals surface area contributed by atoms with Crippen LogP contribution in [0.1, 0.15) is 17.5 Å². The Morgan fingerprint density at radius 1 is 1.29 bits per heavy atom. The summed E-state index contributed by atoms with van der Waals surface area (Å²) in [6.45, 7) is 0.930. The van der Waals surface area contributed by atoms with Crippen LogP contribution in [0, 0.1) is 0 Å². The van der Waals surface area contributed by atoms with Gasteiger partial charge in [-0.25, -0.2) is 0 Å². The molecule has 5 heteroatoms. The van der Waals surface area contributed by atoms with Crippen molar-refractivity contribution in [2.75, 3.05) is 27.8 Å². The molecule has 5 nitrogen and oxygen atoms in total. The maximum absolute atomic E-state index is 12.4. The van der Waals surface area contributed by atoms with E-state index in [9.17, 15) is 9.90 Å². The molecule has 1 aromatic rings. The van der Waals surface area contributed by atoms with Crippen LogP contribution < -0.4 is 4.74 Å². The Morgan fingerprint density at radius 3 is 2.75 bits per heavy atom. The molecule has 124 valence electrons. The topological polar surface area (TPSA) is 59.0 Å². The number of phenolic OH excluding ortho intramolecular Hbond substituents is 1. The summed E-state index contributed by atoms with van der Waals surface area (Å²) in [5.74, 6) is 0.921. The highest BCUT2D eigenvalue weighted by Crippen LogP contribution is 2.71. The lowest BCUT2D eigenvalue weighted by Gasteiger charge is -2.55. The Balaban J connectivity index is 1.85. The predicted octanol–water partition coefficient (Wildman–Crippen LogP) is 1.65. The van der Waals surface area contributed by atoms with Crippen molar-refractivity contribution in [1.29, 1.82) is 0 Å². The van der Waals surface area contributed by atoms with Gasteiger partial charge in [0.15, 0.2) is 17.3 Å². The molecular weight excluding hydrogens is 306 g/mol. The molecule has 1 saturated heterocycles. The van der Waals surface area contributed by atoms with Gasteiger partial charge in [-0.3, -0.25) is 9.69 Å². The summed E-state index contributed by atoms with van der Waals surface area (Å²) in [6.07, 6.45) is 4.52. The predicted molar refractivity (Wildman–Crippen MR) is 87.2 cm³/mol. The number of carbonyl (C=O) groups is 1. The number of ether oxygens (including phenoxy) is 2. The molecule has 0 radical (unpaired) electrons. The third-order valence-electron chi connectivity index (χ3n) is 6.37. The van der Waals surface area contributed by atoms with Crippen LogP contribution in [0.2, 0.25) is 0 Å². The van der Waals surface area contributed by atoms with E-state index in [1.165, 1.54) is 12.7 Å². The van der Waals surface area contributed by atoms with Crippen molar-refractivity contribution in [2.24, 2.45) is 0 Å². The first-order valence-electron chi connectivity index (χ1n) is 8.13. The molecule has 1 unspecified atom stereocenters. The van der Waals surface area contributed by atoms with Crippen molar-refractivity contribution >= 4 is 5.78 Å². The van der Waals surface area contributed by atoms with Gasteiger partial charge in [0.05, 0.1) is 14.2 Å². The molecule has 1 aromatic carbocycles. The molecule has 0 amide bonds. The van der Waals surface area contributed by atoms with Gasteiger partial charge in [-0.2, -0.15) is 0 Å². The lowest BCUT2D eigenvalue weighted by molar-refractivity contribution is -0.114. The van der Waals surface area contributed by atoms with Gasteiger partial charge in [-0.15, -0.1) is 0 Å². The lowest BCUT2D eigenvalue weighted by atomic mass is 9.64. The van der Waals surface area contributed by atoms with Gasteiger partial charge in [0.1, 0.15) is 0 Å². The Hall–Kier alpha value is -2.27. The summed E-state index contributed by atoms with van der Waals surface area (Å²) < 4.78 is 10.7. The Morgan fingerprint density at radius 2 is 2.08 bits per heavy atom. The highest BCUT2D eigenvalue weighted by Gasteiger charge is 2.72. The number of allylic oxidation sites excluding steroid dienone is 2. The number of benzene rings is 1. The van der Waals surface area contributed by atoms with E-state index >= 15 is 0 Å². The lowest BCUT2D eigenvalue weighted by Crippen LogP contribution is -2.64. The fourth-order valence-corrected chi connectivity index (χ4v) is 5.71. The van der Waals surface area contributed by atoms with Gasteiger partial charge in [-0.1, -0.05) is 6.07 Å². The maximum atomic E-state index is 12.4. The number of fused-ring (bicyclic) bond motifs is 2. The van der Waals surface area contributed by atoms with Crippen molar-refractivity contribution in [3.05, 3.63) is 46.7 Å². The average molecular weight is 325 g/mol. The Bertz CT molecular complexity index is 870. The van der Waals surface area contributed by atoms with E-state index in [-0.39, 0.29) is 23.0 Å². The minimum atomic E-state index is -0.470. The van der Waals surface area contributed by atoms with Crippen LogP contribution in [0.3, 0.4) is 0 Å². The monoisotopic (exact) mass is 325 g/mol. The highest BCUT2D eigenvalue weighted by atomic mass is 16.5. The minimum Gasteiger partial charge on any atom is -0.504 e. The van der Waals surface area contributed by atoms with Crippen LogP contribution in [0.5, 0.6) is 11.5 Å². The third-order valence-corrected chi connectivity index (χ3v) is 6.37. The van der Waals surface area contributed by atoms with Crippen LogP contribution in [0.25, 0.3) is 0 Å². The fourth-order valence-electron chi connectivity index (χ4n) is 5.71. The number of carbonyl (C=O) groups excluding carboxylic acids is 1. The van der Waals surface area contributed by atoms with Gasteiger partial charge >= 0.3 is 0 Å². The van der Waals surface area contributed by atoms with Gasteiger partial charge < -0.3 is 14.6 Å². The number of methoxy groups -OCH3 is 2. The number of likely N-dealkylation sites (tertiary alicyclic amines) is 1. The second-order valence-electron chi connectivity index (χ2n) is 7.34. The molecule has 1 heterocycles. The summed E-state index contributed by atoms with van der Waals surface area (Å²) in [5, 5.41) is 10.9. The van der Waals surface area contributed by atoms with Crippen LogP contribution in [-0.2, 0) is 20.4 Å². The fraction of sp³-hybridized carbons (Fsp3) is 0.421. The second kappa shape index (κ2) is 4.03. The molecule has 4 aliphatic rings. The van der Waals surface area contributed by atoms with Crippen LogP contribution in [0.15, 0.2) is 35.6 Å². The number of hydrogen-bond acceptors (Lipinski definition) is 5. The first kappa shape index (κ1) is 14.1. The third kappa shape index (κ3) is 1.24. The molecular formula is C19H19NO4. The zero-order chi connectivity index (χ0) is 16.9. The van der Waals surface area contributed by atoms with Crippen LogP contribution in [-0.4, -0.2) is 49.6 Å². The van der Waals surface area contributed by atoms with Crippen molar-refractivity contribution in [1.82, 2.24) is 4.90 Å². The Kier molecular flexibility index (Phi) is 2.37. The molecule has 24 heavy (non-hydrogen) atoms. The molecule has 1 N–H and O–H groups in total. The van der Waals surface area contributed by atoms with E-state index in [1.807, 2.05) is 12.1 Å². The maximum Gasteiger partial charge on any atom is 0.220 e. The van der Waals surface area contributed by atoms with Gasteiger partial charge in [0.2, 0.25) is 5.78 Å². The quantitative estimate of drug-likeness (QED) is 0.896. The summed E-state index contributed by atoms with van der Waals surface area (Å²) in [6, 6.07) is 4.14. The number of nitrogens with zero attached hydrogens (tertiary/aromatic N) is 1. The molecule has 2 spiro atoms. The molecule has 5 rings (SSSR count). The molecule has 3 atom stereocenters. The number of aromatic hydroxyl groups is 1. The largest absolute Gasteiger partial charge is 0.504 e. The molecule has 0 aromatic heterocycles. The molecule has 1 aliphatic heterocycles. The summed E-state index contributed by atoms with van der Waals surface area (Å²) >= 11 is 0. The summed E-state index contributed by atoms with van der Waals surface area (Å²) in [7, 11) is 5.17.